The molecule has 0 fully saturated rings. The molecule has 4 heteroatoms. The fraction of sp³-hybridized carbons (Fsp3) is 0.367. The molecule has 1 N–H and O–H groups in total. The van der Waals surface area contributed by atoms with E-state index in [1.54, 1.807) is 4.90 Å². The fourth-order valence-corrected chi connectivity index (χ4v) is 4.74. The van der Waals surface area contributed by atoms with Gasteiger partial charge in [-0.15, -0.1) is 0 Å². The van der Waals surface area contributed by atoms with Crippen molar-refractivity contribution >= 4 is 5.91 Å². The lowest BCUT2D eigenvalue weighted by atomic mass is 9.90. The number of nitrogens with zero attached hydrogens (tertiary/aromatic N) is 1. The quantitative estimate of drug-likeness (QED) is 0.474. The van der Waals surface area contributed by atoms with E-state index in [9.17, 15) is 9.90 Å². The van der Waals surface area contributed by atoms with Gasteiger partial charge in [0, 0.05) is 25.9 Å². The van der Waals surface area contributed by atoms with E-state index >= 15 is 0 Å². The average molecular weight is 458 g/mol. The SMILES string of the molecule is CC(C)c1ccc(C[C@]2(C)Cc3cc(CC(=O)N(CCO)Cc4ccccc4)ccc3O2)cc1. The number of hydrogen-bond acceptors (Lipinski definition) is 3. The van der Waals surface area contributed by atoms with Gasteiger partial charge < -0.3 is 14.7 Å². The fourth-order valence-electron chi connectivity index (χ4n) is 4.74. The van der Waals surface area contributed by atoms with Gasteiger partial charge in [-0.1, -0.05) is 80.6 Å². The third kappa shape index (κ3) is 5.87. The van der Waals surface area contributed by atoms with Crippen LogP contribution in [0.4, 0.5) is 0 Å². The Morgan fingerprint density at radius 1 is 1.00 bits per heavy atom. The second-order valence-corrected chi connectivity index (χ2v) is 9.95. The lowest BCUT2D eigenvalue weighted by molar-refractivity contribution is -0.131. The number of amides is 1. The maximum atomic E-state index is 13.0. The van der Waals surface area contributed by atoms with Gasteiger partial charge in [0.1, 0.15) is 11.4 Å². The summed E-state index contributed by atoms with van der Waals surface area (Å²) in [6.07, 6.45) is 1.98. The zero-order valence-corrected chi connectivity index (χ0v) is 20.5. The summed E-state index contributed by atoms with van der Waals surface area (Å²) in [5, 5.41) is 9.47. The molecule has 4 rings (SSSR count). The van der Waals surface area contributed by atoms with Crippen LogP contribution in [-0.4, -0.2) is 34.7 Å². The highest BCUT2D eigenvalue weighted by Crippen LogP contribution is 2.37. The van der Waals surface area contributed by atoms with Crippen molar-refractivity contribution in [1.82, 2.24) is 4.90 Å². The summed E-state index contributed by atoms with van der Waals surface area (Å²) in [6, 6.07) is 24.8. The molecule has 0 bridgehead atoms. The molecule has 1 aliphatic rings. The van der Waals surface area contributed by atoms with Crippen LogP contribution in [0.15, 0.2) is 72.8 Å². The van der Waals surface area contributed by atoms with Crippen molar-refractivity contribution in [2.75, 3.05) is 13.2 Å². The van der Waals surface area contributed by atoms with Gasteiger partial charge in [-0.2, -0.15) is 0 Å². The van der Waals surface area contributed by atoms with Crippen LogP contribution in [0.3, 0.4) is 0 Å². The molecule has 1 atom stereocenters. The lowest BCUT2D eigenvalue weighted by Crippen LogP contribution is -2.34. The molecule has 4 nitrogen and oxygen atoms in total. The van der Waals surface area contributed by atoms with Gasteiger partial charge in [0.25, 0.3) is 0 Å². The summed E-state index contributed by atoms with van der Waals surface area (Å²) in [4.78, 5) is 14.8. The highest BCUT2D eigenvalue weighted by Gasteiger charge is 2.35. The van der Waals surface area contributed by atoms with E-state index in [2.05, 4.69) is 51.1 Å². The van der Waals surface area contributed by atoms with Crippen molar-refractivity contribution in [3.05, 3.63) is 101 Å². The molecule has 1 aliphatic heterocycles. The second-order valence-electron chi connectivity index (χ2n) is 9.95. The van der Waals surface area contributed by atoms with Crippen LogP contribution in [0.2, 0.25) is 0 Å². The summed E-state index contributed by atoms with van der Waals surface area (Å²) in [5.41, 5.74) is 5.53. The molecule has 0 saturated carbocycles. The van der Waals surface area contributed by atoms with E-state index < -0.39 is 0 Å². The first kappa shape index (κ1) is 24.0. The molecule has 0 aromatic heterocycles. The topological polar surface area (TPSA) is 49.8 Å². The molecule has 34 heavy (non-hydrogen) atoms. The summed E-state index contributed by atoms with van der Waals surface area (Å²) in [7, 11) is 0. The maximum Gasteiger partial charge on any atom is 0.227 e. The lowest BCUT2D eigenvalue weighted by Gasteiger charge is -2.24. The molecule has 3 aromatic rings. The van der Waals surface area contributed by atoms with Crippen molar-refractivity contribution in [2.45, 2.75) is 58.1 Å². The Kier molecular flexibility index (Phi) is 7.38. The zero-order chi connectivity index (χ0) is 24.1. The third-order valence-electron chi connectivity index (χ3n) is 6.56. The van der Waals surface area contributed by atoms with Crippen LogP contribution in [-0.2, 0) is 30.6 Å². The molecular formula is C30H35NO3. The monoisotopic (exact) mass is 457 g/mol. The molecule has 0 saturated heterocycles. The second kappa shape index (κ2) is 10.4. The van der Waals surface area contributed by atoms with Crippen LogP contribution in [0, 0.1) is 0 Å². The Bertz CT molecular complexity index is 1110. The van der Waals surface area contributed by atoms with Crippen LogP contribution < -0.4 is 4.74 Å². The van der Waals surface area contributed by atoms with Crippen LogP contribution in [0.1, 0.15) is 54.5 Å². The van der Waals surface area contributed by atoms with Crippen molar-refractivity contribution in [2.24, 2.45) is 0 Å². The maximum absolute atomic E-state index is 13.0. The molecule has 178 valence electrons. The van der Waals surface area contributed by atoms with Gasteiger partial charge in [0.15, 0.2) is 0 Å². The molecule has 3 aromatic carbocycles. The number of fused-ring (bicyclic) bond motifs is 1. The first-order valence-corrected chi connectivity index (χ1v) is 12.2. The Balaban J connectivity index is 1.41. The average Bonchev–Trinajstić information content (AvgIpc) is 3.14. The van der Waals surface area contributed by atoms with E-state index in [0.29, 0.717) is 25.4 Å². The van der Waals surface area contributed by atoms with Crippen molar-refractivity contribution in [1.29, 1.82) is 0 Å². The smallest absolute Gasteiger partial charge is 0.227 e. The van der Waals surface area contributed by atoms with Gasteiger partial charge >= 0.3 is 0 Å². The largest absolute Gasteiger partial charge is 0.487 e. The summed E-state index contributed by atoms with van der Waals surface area (Å²) < 4.78 is 6.37. The van der Waals surface area contributed by atoms with Gasteiger partial charge in [-0.05, 0) is 46.7 Å². The Hall–Kier alpha value is -3.11. The van der Waals surface area contributed by atoms with Crippen LogP contribution in [0.5, 0.6) is 5.75 Å². The first-order chi connectivity index (χ1) is 16.3. The Morgan fingerprint density at radius 3 is 2.38 bits per heavy atom. The third-order valence-corrected chi connectivity index (χ3v) is 6.56. The predicted molar refractivity (Wildman–Crippen MR) is 136 cm³/mol. The molecule has 0 unspecified atom stereocenters. The molecule has 0 aliphatic carbocycles. The molecular weight excluding hydrogens is 422 g/mol. The van der Waals surface area contributed by atoms with Gasteiger partial charge in [0.2, 0.25) is 5.91 Å². The number of benzene rings is 3. The molecule has 0 radical (unpaired) electrons. The number of hydrogen-bond donors (Lipinski definition) is 1. The normalized spacial score (nSPS) is 16.9. The standard InChI is InChI=1S/C30H35NO3/c1-22(2)26-12-9-23(10-13-26)19-30(3)20-27-17-25(11-14-28(27)34-30)18-29(33)31(15-16-32)21-24-7-5-4-6-8-24/h4-14,17,22,32H,15-16,18-21H2,1-3H3/t30-/m1/s1. The minimum atomic E-state index is -0.291. The Morgan fingerprint density at radius 2 is 1.71 bits per heavy atom. The van der Waals surface area contributed by atoms with E-state index in [1.165, 1.54) is 11.1 Å². The van der Waals surface area contributed by atoms with Crippen molar-refractivity contribution in [3.63, 3.8) is 0 Å². The van der Waals surface area contributed by atoms with Crippen LogP contribution >= 0.6 is 0 Å². The highest BCUT2D eigenvalue weighted by atomic mass is 16.5. The minimum Gasteiger partial charge on any atom is -0.487 e. The number of carbonyl (C=O) groups excluding carboxylic acids is 1. The first-order valence-electron chi connectivity index (χ1n) is 12.2. The van der Waals surface area contributed by atoms with Gasteiger partial charge in [-0.25, -0.2) is 0 Å². The summed E-state index contributed by atoms with van der Waals surface area (Å²) >= 11 is 0. The summed E-state index contributed by atoms with van der Waals surface area (Å²) in [6.45, 7) is 7.36. The number of ether oxygens (including phenoxy) is 1. The number of aliphatic hydroxyl groups excluding tert-OH is 1. The van der Waals surface area contributed by atoms with Gasteiger partial charge in [-0.3, -0.25) is 4.79 Å². The van der Waals surface area contributed by atoms with E-state index in [4.69, 9.17) is 4.74 Å². The highest BCUT2D eigenvalue weighted by molar-refractivity contribution is 5.79. The van der Waals surface area contributed by atoms with E-state index in [-0.39, 0.29) is 18.1 Å². The Labute approximate surface area is 203 Å². The van der Waals surface area contributed by atoms with Gasteiger partial charge in [0.05, 0.1) is 13.0 Å². The molecule has 0 spiro atoms. The number of aliphatic hydroxyl groups is 1. The van der Waals surface area contributed by atoms with E-state index in [1.807, 2.05) is 42.5 Å². The van der Waals surface area contributed by atoms with E-state index in [0.717, 1.165) is 35.3 Å². The zero-order valence-electron chi connectivity index (χ0n) is 20.5. The van der Waals surface area contributed by atoms with Crippen molar-refractivity contribution < 1.29 is 14.6 Å². The number of rotatable bonds is 9. The molecule has 1 heterocycles. The molecule has 1 amide bonds. The predicted octanol–water partition coefficient (Wildman–Crippen LogP) is 5.31. The van der Waals surface area contributed by atoms with Crippen LogP contribution in [0.25, 0.3) is 0 Å². The minimum absolute atomic E-state index is 0.0183. The van der Waals surface area contributed by atoms with Crippen molar-refractivity contribution in [3.8, 4) is 5.75 Å². The number of carbonyl (C=O) groups is 1. The summed E-state index contributed by atoms with van der Waals surface area (Å²) in [5.74, 6) is 1.46.